The van der Waals surface area contributed by atoms with Crippen LogP contribution in [0.15, 0.2) is 225 Å². The maximum atomic E-state index is 4.70. The highest BCUT2D eigenvalue weighted by molar-refractivity contribution is 5.95. The van der Waals surface area contributed by atoms with Crippen LogP contribution in [0.5, 0.6) is 0 Å². The molecule has 1 heteroatoms. The Bertz CT molecular complexity index is 3270. The summed E-state index contributed by atoms with van der Waals surface area (Å²) >= 11 is 0. The van der Waals surface area contributed by atoms with E-state index in [9.17, 15) is 0 Å². The fourth-order valence-corrected chi connectivity index (χ4v) is 11.5. The van der Waals surface area contributed by atoms with Crippen LogP contribution < -0.4 is 0 Å². The Morgan fingerprint density at radius 1 is 0.250 bits per heavy atom. The number of pyridine rings is 1. The molecule has 10 aromatic rings. The molecule has 0 N–H and O–H groups in total. The molecule has 0 saturated carbocycles. The van der Waals surface area contributed by atoms with E-state index in [0.29, 0.717) is 0 Å². The molecular formula is C59H37N. The van der Waals surface area contributed by atoms with Gasteiger partial charge < -0.3 is 0 Å². The smallest absolute Gasteiger partial charge is 0.0780 e. The second-order valence-electron chi connectivity index (χ2n) is 16.5. The highest BCUT2D eigenvalue weighted by atomic mass is 14.6. The zero-order valence-corrected chi connectivity index (χ0v) is 32.8. The SMILES string of the molecule is c1ccc2c(c1)-c1ccccc1C21c2ccccc2C2(c3ccccc3-c3ccccc32)c2cc(-c3ccc(-c4ccc(-c5cccc6cccnc56)cc4)cc3)ccc21. The Balaban J connectivity index is 1.01. The van der Waals surface area contributed by atoms with Crippen LogP contribution in [0.3, 0.4) is 0 Å². The summed E-state index contributed by atoms with van der Waals surface area (Å²) in [4.78, 5) is 4.70. The first kappa shape index (κ1) is 33.4. The van der Waals surface area contributed by atoms with Gasteiger partial charge in [0.25, 0.3) is 0 Å². The van der Waals surface area contributed by atoms with Gasteiger partial charge in [-0.3, -0.25) is 4.98 Å². The first-order valence-corrected chi connectivity index (χ1v) is 20.9. The molecule has 0 amide bonds. The summed E-state index contributed by atoms with van der Waals surface area (Å²) in [5, 5.41) is 1.15. The third-order valence-corrected chi connectivity index (χ3v) is 13.8. The molecule has 1 nitrogen and oxygen atoms in total. The lowest BCUT2D eigenvalue weighted by atomic mass is 9.52. The number of hydrogen-bond acceptors (Lipinski definition) is 1. The third-order valence-electron chi connectivity index (χ3n) is 13.8. The summed E-state index contributed by atoms with van der Waals surface area (Å²) in [7, 11) is 0. The second-order valence-corrected chi connectivity index (χ2v) is 16.5. The topological polar surface area (TPSA) is 12.9 Å². The lowest BCUT2D eigenvalue weighted by Gasteiger charge is -2.49. The zero-order valence-electron chi connectivity index (χ0n) is 32.8. The van der Waals surface area contributed by atoms with Gasteiger partial charge in [-0.2, -0.15) is 0 Å². The van der Waals surface area contributed by atoms with E-state index in [2.05, 4.69) is 212 Å². The Morgan fingerprint density at radius 3 is 1.13 bits per heavy atom. The van der Waals surface area contributed by atoms with E-state index in [1.165, 1.54) is 94.6 Å². The number of benzene rings is 9. The molecule has 0 atom stereocenters. The van der Waals surface area contributed by atoms with Crippen molar-refractivity contribution >= 4 is 10.9 Å². The van der Waals surface area contributed by atoms with Gasteiger partial charge in [0.1, 0.15) is 0 Å². The van der Waals surface area contributed by atoms with Crippen LogP contribution in [0.2, 0.25) is 0 Å². The van der Waals surface area contributed by atoms with Crippen molar-refractivity contribution in [3.8, 4) is 55.6 Å². The summed E-state index contributed by atoms with van der Waals surface area (Å²) in [6.07, 6.45) is 1.87. The van der Waals surface area contributed by atoms with E-state index >= 15 is 0 Å². The Morgan fingerprint density at radius 2 is 0.617 bits per heavy atom. The molecule has 3 aliphatic rings. The molecule has 0 radical (unpaired) electrons. The summed E-state index contributed by atoms with van der Waals surface area (Å²) in [6, 6.07) is 81.8. The van der Waals surface area contributed by atoms with E-state index in [1.54, 1.807) is 0 Å². The average molecular weight is 760 g/mol. The van der Waals surface area contributed by atoms with Crippen molar-refractivity contribution < 1.29 is 0 Å². The minimum Gasteiger partial charge on any atom is -0.256 e. The van der Waals surface area contributed by atoms with Crippen LogP contribution in [-0.4, -0.2) is 4.98 Å². The number of rotatable bonds is 3. The molecule has 0 saturated heterocycles. The molecule has 1 heterocycles. The Labute approximate surface area is 350 Å². The molecule has 0 unspecified atom stereocenters. The van der Waals surface area contributed by atoms with Crippen molar-refractivity contribution in [2.75, 3.05) is 0 Å². The lowest BCUT2D eigenvalue weighted by molar-refractivity contribution is 0.633. The van der Waals surface area contributed by atoms with Crippen molar-refractivity contribution in [2.24, 2.45) is 0 Å². The van der Waals surface area contributed by atoms with E-state index in [4.69, 9.17) is 4.98 Å². The van der Waals surface area contributed by atoms with E-state index in [0.717, 1.165) is 16.5 Å². The van der Waals surface area contributed by atoms with Crippen molar-refractivity contribution in [1.82, 2.24) is 4.98 Å². The highest BCUT2D eigenvalue weighted by Crippen LogP contribution is 2.67. The first-order chi connectivity index (χ1) is 29.8. The molecule has 13 rings (SSSR count). The predicted octanol–water partition coefficient (Wildman–Crippen LogP) is 14.3. The molecule has 60 heavy (non-hydrogen) atoms. The first-order valence-electron chi connectivity index (χ1n) is 20.9. The van der Waals surface area contributed by atoms with Crippen molar-refractivity contribution in [3.63, 3.8) is 0 Å². The number of fused-ring (bicyclic) bond motifs is 17. The summed E-state index contributed by atoms with van der Waals surface area (Å²) in [5.74, 6) is 0. The summed E-state index contributed by atoms with van der Waals surface area (Å²) < 4.78 is 0. The molecule has 2 spiro atoms. The summed E-state index contributed by atoms with van der Waals surface area (Å²) in [6.45, 7) is 0. The third kappa shape index (κ3) is 4.28. The van der Waals surface area contributed by atoms with Crippen molar-refractivity contribution in [3.05, 3.63) is 269 Å². The van der Waals surface area contributed by atoms with Crippen molar-refractivity contribution in [2.45, 2.75) is 10.8 Å². The Hall–Kier alpha value is -7.61. The standard InChI is InChI=1S/C59H37N/c1-5-20-49-45(15-1)46-16-2-6-21-50(46)58(49)53-24-9-10-25-54(53)59(51-22-7-3-17-47(51)48-18-4-8-23-52(48)59)56-37-43(34-35-55(56)58)40-28-26-38(27-29-40)39-30-32-41(33-31-39)44-19-11-13-42-14-12-36-60-57(42)44/h1-37H. The molecule has 0 aliphatic heterocycles. The van der Waals surface area contributed by atoms with Crippen LogP contribution in [0.1, 0.15) is 44.5 Å². The molecule has 3 aliphatic carbocycles. The molecule has 0 bridgehead atoms. The zero-order chi connectivity index (χ0) is 39.4. The second kappa shape index (κ2) is 12.4. The minimum atomic E-state index is -0.506. The van der Waals surface area contributed by atoms with Gasteiger partial charge in [-0.15, -0.1) is 0 Å². The molecule has 0 fully saturated rings. The quantitative estimate of drug-likeness (QED) is 0.175. The monoisotopic (exact) mass is 759 g/mol. The number of nitrogens with zero attached hydrogens (tertiary/aromatic N) is 1. The highest BCUT2D eigenvalue weighted by Gasteiger charge is 2.58. The largest absolute Gasteiger partial charge is 0.256 e. The van der Waals surface area contributed by atoms with Crippen molar-refractivity contribution in [1.29, 1.82) is 0 Å². The van der Waals surface area contributed by atoms with Gasteiger partial charge in [0.05, 0.1) is 16.3 Å². The van der Waals surface area contributed by atoms with E-state index in [-0.39, 0.29) is 0 Å². The van der Waals surface area contributed by atoms with Gasteiger partial charge in [-0.25, -0.2) is 0 Å². The average Bonchev–Trinajstić information content (AvgIpc) is 3.79. The molecular weight excluding hydrogens is 723 g/mol. The normalized spacial score (nSPS) is 14.3. The fourth-order valence-electron chi connectivity index (χ4n) is 11.5. The summed E-state index contributed by atoms with van der Waals surface area (Å²) in [5.41, 5.74) is 23.3. The maximum Gasteiger partial charge on any atom is 0.0780 e. The van der Waals surface area contributed by atoms with Gasteiger partial charge in [0.2, 0.25) is 0 Å². The van der Waals surface area contributed by atoms with Gasteiger partial charge in [0, 0.05) is 17.1 Å². The lowest BCUT2D eigenvalue weighted by Crippen LogP contribution is -2.43. The number of para-hydroxylation sites is 1. The van der Waals surface area contributed by atoms with Gasteiger partial charge in [-0.05, 0) is 107 Å². The minimum absolute atomic E-state index is 0.479. The van der Waals surface area contributed by atoms with Crippen LogP contribution in [0.25, 0.3) is 66.5 Å². The van der Waals surface area contributed by atoms with Gasteiger partial charge in [0.15, 0.2) is 0 Å². The van der Waals surface area contributed by atoms with E-state index in [1.807, 2.05) is 12.3 Å². The number of hydrogen-bond donors (Lipinski definition) is 0. The van der Waals surface area contributed by atoms with Crippen LogP contribution in [0.4, 0.5) is 0 Å². The maximum absolute atomic E-state index is 4.70. The van der Waals surface area contributed by atoms with E-state index < -0.39 is 10.8 Å². The Kier molecular flexibility index (Phi) is 6.92. The predicted molar refractivity (Wildman–Crippen MR) is 246 cm³/mol. The van der Waals surface area contributed by atoms with Crippen LogP contribution in [-0.2, 0) is 10.8 Å². The van der Waals surface area contributed by atoms with Gasteiger partial charge >= 0.3 is 0 Å². The molecule has 278 valence electrons. The van der Waals surface area contributed by atoms with Crippen LogP contribution in [0, 0.1) is 0 Å². The molecule has 1 aromatic heterocycles. The van der Waals surface area contributed by atoms with Gasteiger partial charge in [-0.1, -0.05) is 206 Å². The van der Waals surface area contributed by atoms with Crippen LogP contribution >= 0.6 is 0 Å². The molecule has 9 aromatic carbocycles. The number of aromatic nitrogens is 1. The fraction of sp³-hybridized carbons (Fsp3) is 0.0339.